The van der Waals surface area contributed by atoms with Gasteiger partial charge in [-0.1, -0.05) is 34.6 Å². The van der Waals surface area contributed by atoms with Gasteiger partial charge in [0.2, 0.25) is 0 Å². The van der Waals surface area contributed by atoms with Gasteiger partial charge in [-0.05, 0) is 62.3 Å². The minimum absolute atomic E-state index is 0.0486. The molecule has 0 atom stereocenters. The van der Waals surface area contributed by atoms with Gasteiger partial charge in [0, 0.05) is 12.3 Å². The van der Waals surface area contributed by atoms with Gasteiger partial charge < -0.3 is 14.8 Å². The highest BCUT2D eigenvalue weighted by Gasteiger charge is 2.40. The molecule has 25 heavy (non-hydrogen) atoms. The molecule has 1 rings (SSSR count). The van der Waals surface area contributed by atoms with E-state index < -0.39 is 5.60 Å². The van der Waals surface area contributed by atoms with E-state index in [9.17, 15) is 4.79 Å². The first-order valence-corrected chi connectivity index (χ1v) is 9.51. The predicted octanol–water partition coefficient (Wildman–Crippen LogP) is 5.28. The molecule has 1 aromatic carbocycles. The van der Waals surface area contributed by atoms with Gasteiger partial charge in [0.05, 0.1) is 6.61 Å². The van der Waals surface area contributed by atoms with E-state index >= 15 is 0 Å². The van der Waals surface area contributed by atoms with E-state index in [1.54, 1.807) is 0 Å². The predicted molar refractivity (Wildman–Crippen MR) is 104 cm³/mol. The number of carbonyl (C=O) groups is 1. The maximum Gasteiger partial charge on any atom is 0.256 e. The number of hydrogen-bond donors (Lipinski definition) is 1. The number of amides is 1. The van der Waals surface area contributed by atoms with Crippen molar-refractivity contribution < 1.29 is 14.3 Å². The lowest BCUT2D eigenvalue weighted by atomic mass is 9.83. The molecule has 1 aromatic rings. The Kier molecular flexibility index (Phi) is 8.98. The van der Waals surface area contributed by atoms with Gasteiger partial charge in [-0.2, -0.15) is 0 Å². The Bertz CT molecular complexity index is 498. The molecule has 0 aliphatic carbocycles. The lowest BCUT2D eigenvalue weighted by molar-refractivity contribution is -0.147. The van der Waals surface area contributed by atoms with Crippen LogP contribution < -0.4 is 10.1 Å². The van der Waals surface area contributed by atoms with E-state index in [1.807, 2.05) is 31.2 Å². The third-order valence-corrected chi connectivity index (χ3v) is 3.90. The van der Waals surface area contributed by atoms with Crippen molar-refractivity contribution in [3.8, 4) is 5.75 Å². The highest BCUT2D eigenvalue weighted by molar-refractivity contribution is 5.97. The molecule has 0 heterocycles. The summed E-state index contributed by atoms with van der Waals surface area (Å²) in [7, 11) is 0. The summed E-state index contributed by atoms with van der Waals surface area (Å²) in [5.74, 6) is 1.51. The highest BCUT2D eigenvalue weighted by Crippen LogP contribution is 2.31. The molecule has 0 saturated heterocycles. The normalized spacial score (nSPS) is 11.8. The Hall–Kier alpha value is -1.55. The van der Waals surface area contributed by atoms with Crippen LogP contribution in [0.3, 0.4) is 0 Å². The molecule has 4 nitrogen and oxygen atoms in total. The maximum atomic E-state index is 13.2. The number of anilines is 1. The first-order valence-electron chi connectivity index (χ1n) is 9.51. The van der Waals surface area contributed by atoms with E-state index in [4.69, 9.17) is 9.47 Å². The molecule has 0 aromatic heterocycles. The molecule has 0 spiro atoms. The molecule has 0 aliphatic rings. The van der Waals surface area contributed by atoms with E-state index in [0.717, 1.165) is 17.9 Å². The van der Waals surface area contributed by atoms with Crippen LogP contribution in [0.25, 0.3) is 0 Å². The van der Waals surface area contributed by atoms with Gasteiger partial charge in [-0.15, -0.1) is 0 Å². The van der Waals surface area contributed by atoms with Crippen molar-refractivity contribution in [2.75, 3.05) is 18.5 Å². The molecular weight excluding hydrogens is 314 g/mol. The van der Waals surface area contributed by atoms with E-state index in [1.165, 1.54) is 0 Å². The fraction of sp³-hybridized carbons (Fsp3) is 0.667. The van der Waals surface area contributed by atoms with Crippen LogP contribution in [-0.4, -0.2) is 24.7 Å². The number of rotatable bonds is 11. The SMILES string of the molecule is CCCOC(CC(C)C)(CC(C)C)C(=O)Nc1ccc(OCC)cc1. The number of nitrogens with one attached hydrogen (secondary N) is 1. The van der Waals surface area contributed by atoms with Crippen LogP contribution in [-0.2, 0) is 9.53 Å². The van der Waals surface area contributed by atoms with Crippen molar-refractivity contribution in [3.63, 3.8) is 0 Å². The minimum Gasteiger partial charge on any atom is -0.494 e. The van der Waals surface area contributed by atoms with Crippen LogP contribution in [0, 0.1) is 11.8 Å². The van der Waals surface area contributed by atoms with Gasteiger partial charge in [-0.25, -0.2) is 0 Å². The van der Waals surface area contributed by atoms with Crippen molar-refractivity contribution in [3.05, 3.63) is 24.3 Å². The van der Waals surface area contributed by atoms with Crippen molar-refractivity contribution in [2.45, 2.75) is 66.4 Å². The summed E-state index contributed by atoms with van der Waals surface area (Å²) in [6.45, 7) is 13.8. The van der Waals surface area contributed by atoms with Crippen molar-refractivity contribution in [2.24, 2.45) is 11.8 Å². The largest absolute Gasteiger partial charge is 0.494 e. The van der Waals surface area contributed by atoms with Gasteiger partial charge in [0.15, 0.2) is 0 Å². The smallest absolute Gasteiger partial charge is 0.256 e. The molecule has 142 valence electrons. The van der Waals surface area contributed by atoms with E-state index in [-0.39, 0.29) is 5.91 Å². The van der Waals surface area contributed by atoms with Gasteiger partial charge in [0.1, 0.15) is 11.4 Å². The average molecular weight is 350 g/mol. The summed E-state index contributed by atoms with van der Waals surface area (Å²) in [4.78, 5) is 13.2. The van der Waals surface area contributed by atoms with Crippen LogP contribution in [0.4, 0.5) is 5.69 Å². The molecule has 0 bridgehead atoms. The number of hydrogen-bond acceptors (Lipinski definition) is 3. The minimum atomic E-state index is -0.781. The van der Waals surface area contributed by atoms with Crippen molar-refractivity contribution in [1.29, 1.82) is 0 Å². The van der Waals surface area contributed by atoms with Crippen molar-refractivity contribution in [1.82, 2.24) is 0 Å². The molecule has 0 aliphatic heterocycles. The summed E-state index contributed by atoms with van der Waals surface area (Å²) in [6, 6.07) is 7.49. The zero-order chi connectivity index (χ0) is 18.9. The zero-order valence-electron chi connectivity index (χ0n) is 16.7. The Morgan fingerprint density at radius 3 is 2.04 bits per heavy atom. The number of ether oxygens (including phenoxy) is 2. The Balaban J connectivity index is 2.98. The summed E-state index contributed by atoms with van der Waals surface area (Å²) in [6.07, 6.45) is 2.33. The standard InChI is InChI=1S/C21H35NO3/c1-7-13-25-21(14-16(3)4,15-17(5)6)20(23)22-18-9-11-19(12-10-18)24-8-2/h9-12,16-17H,7-8,13-15H2,1-6H3,(H,22,23). The van der Waals surface area contributed by atoms with Gasteiger partial charge in [-0.3, -0.25) is 4.79 Å². The summed E-state index contributed by atoms with van der Waals surface area (Å²) >= 11 is 0. The fourth-order valence-corrected chi connectivity index (χ4v) is 3.11. The van der Waals surface area contributed by atoms with E-state index in [2.05, 4.69) is 39.9 Å². The molecule has 0 unspecified atom stereocenters. The highest BCUT2D eigenvalue weighted by atomic mass is 16.5. The Morgan fingerprint density at radius 2 is 1.60 bits per heavy atom. The summed E-state index contributed by atoms with van der Waals surface area (Å²) < 4.78 is 11.6. The molecule has 0 saturated carbocycles. The lowest BCUT2D eigenvalue weighted by Crippen LogP contribution is -2.47. The molecule has 1 amide bonds. The van der Waals surface area contributed by atoms with E-state index in [0.29, 0.717) is 37.9 Å². The molecular formula is C21H35NO3. The Morgan fingerprint density at radius 1 is 1.04 bits per heavy atom. The topological polar surface area (TPSA) is 47.6 Å². The van der Waals surface area contributed by atoms with Gasteiger partial charge in [0.25, 0.3) is 5.91 Å². The first-order chi connectivity index (χ1) is 11.8. The fourth-order valence-electron chi connectivity index (χ4n) is 3.11. The van der Waals surface area contributed by atoms with Crippen molar-refractivity contribution >= 4 is 11.6 Å². The number of benzene rings is 1. The number of carbonyl (C=O) groups excluding carboxylic acids is 1. The second kappa shape index (κ2) is 10.4. The van der Waals surface area contributed by atoms with Crippen LogP contribution in [0.2, 0.25) is 0 Å². The maximum absolute atomic E-state index is 13.2. The van der Waals surface area contributed by atoms with Gasteiger partial charge >= 0.3 is 0 Å². The molecule has 1 N–H and O–H groups in total. The lowest BCUT2D eigenvalue weighted by Gasteiger charge is -2.35. The Labute approximate surface area is 153 Å². The average Bonchev–Trinajstić information content (AvgIpc) is 2.53. The van der Waals surface area contributed by atoms with Crippen LogP contribution in [0.15, 0.2) is 24.3 Å². The summed E-state index contributed by atoms with van der Waals surface area (Å²) in [5.41, 5.74) is -0.0119. The second-order valence-corrected chi connectivity index (χ2v) is 7.45. The quantitative estimate of drug-likeness (QED) is 0.591. The first kappa shape index (κ1) is 21.5. The third-order valence-electron chi connectivity index (χ3n) is 3.90. The third kappa shape index (κ3) is 7.07. The van der Waals surface area contributed by atoms with Crippen LogP contribution >= 0.6 is 0 Å². The molecule has 0 fully saturated rings. The van der Waals surface area contributed by atoms with Crippen LogP contribution in [0.1, 0.15) is 60.8 Å². The second-order valence-electron chi connectivity index (χ2n) is 7.45. The monoisotopic (exact) mass is 349 g/mol. The molecule has 0 radical (unpaired) electrons. The summed E-state index contributed by atoms with van der Waals surface area (Å²) in [5, 5.41) is 3.05. The molecule has 4 heteroatoms. The van der Waals surface area contributed by atoms with Crippen LogP contribution in [0.5, 0.6) is 5.75 Å². The zero-order valence-corrected chi connectivity index (χ0v) is 16.7.